The van der Waals surface area contributed by atoms with Crippen molar-refractivity contribution in [2.75, 3.05) is 7.11 Å². The number of carbonyl (C=O) groups excluding carboxylic acids is 1. The number of ether oxygens (including phenoxy) is 1. The van der Waals surface area contributed by atoms with Crippen LogP contribution in [0.5, 0.6) is 5.75 Å². The molecule has 0 radical (unpaired) electrons. The number of fused-ring (bicyclic) bond motifs is 1. The molecule has 2 rings (SSSR count). The normalized spacial score (nSPS) is 12.1. The topological polar surface area (TPSA) is 91.4 Å². The van der Waals surface area contributed by atoms with Crippen LogP contribution >= 0.6 is 0 Å². The molecule has 1 amide bonds. The highest BCUT2D eigenvalue weighted by Gasteiger charge is 2.16. The van der Waals surface area contributed by atoms with Crippen molar-refractivity contribution in [3.8, 4) is 5.75 Å². The van der Waals surface area contributed by atoms with Crippen molar-refractivity contribution in [2.45, 2.75) is 19.4 Å². The monoisotopic (exact) mass is 276 g/mol. The maximum Gasteiger partial charge on any atom is 0.325 e. The fourth-order valence-electron chi connectivity index (χ4n) is 2.06. The molecule has 1 heterocycles. The Morgan fingerprint density at radius 2 is 2.20 bits per heavy atom. The Hall–Kier alpha value is -2.50. The minimum atomic E-state index is -1.06. The van der Waals surface area contributed by atoms with Crippen molar-refractivity contribution >= 4 is 22.8 Å². The van der Waals surface area contributed by atoms with Crippen LogP contribution in [-0.4, -0.2) is 35.1 Å². The zero-order valence-corrected chi connectivity index (χ0v) is 11.3. The van der Waals surface area contributed by atoms with Crippen LogP contribution in [-0.2, 0) is 16.0 Å². The van der Waals surface area contributed by atoms with Crippen molar-refractivity contribution in [1.29, 1.82) is 0 Å². The van der Waals surface area contributed by atoms with E-state index in [9.17, 15) is 9.59 Å². The molecule has 6 nitrogen and oxygen atoms in total. The zero-order chi connectivity index (χ0) is 14.7. The summed E-state index contributed by atoms with van der Waals surface area (Å²) in [6.45, 7) is 1.43. The van der Waals surface area contributed by atoms with Gasteiger partial charge < -0.3 is 20.1 Å². The summed E-state index contributed by atoms with van der Waals surface area (Å²) in [5.41, 5.74) is 1.64. The summed E-state index contributed by atoms with van der Waals surface area (Å²) in [4.78, 5) is 25.6. The largest absolute Gasteiger partial charge is 0.496 e. The van der Waals surface area contributed by atoms with E-state index in [0.29, 0.717) is 5.75 Å². The third-order valence-corrected chi connectivity index (χ3v) is 3.07. The molecule has 0 aliphatic carbocycles. The number of rotatable bonds is 5. The first-order valence-corrected chi connectivity index (χ1v) is 6.18. The van der Waals surface area contributed by atoms with Crippen molar-refractivity contribution in [2.24, 2.45) is 0 Å². The molecule has 0 fully saturated rings. The van der Waals surface area contributed by atoms with Gasteiger partial charge in [-0.1, -0.05) is 6.07 Å². The van der Waals surface area contributed by atoms with Crippen LogP contribution in [0.3, 0.4) is 0 Å². The first-order chi connectivity index (χ1) is 9.52. The number of methoxy groups -OCH3 is 1. The average Bonchev–Trinajstić information content (AvgIpc) is 2.81. The fourth-order valence-corrected chi connectivity index (χ4v) is 2.06. The molecule has 2 aromatic rings. The predicted molar refractivity (Wildman–Crippen MR) is 73.8 cm³/mol. The molecule has 0 spiro atoms. The zero-order valence-electron chi connectivity index (χ0n) is 11.3. The van der Waals surface area contributed by atoms with Gasteiger partial charge in [-0.15, -0.1) is 0 Å². The average molecular weight is 276 g/mol. The van der Waals surface area contributed by atoms with Gasteiger partial charge in [-0.05, 0) is 24.6 Å². The first kappa shape index (κ1) is 13.9. The fraction of sp³-hybridized carbons (Fsp3) is 0.286. The molecule has 0 aliphatic heterocycles. The summed E-state index contributed by atoms with van der Waals surface area (Å²) in [5, 5.41) is 12.0. The molecular formula is C14H16N2O4. The second-order valence-electron chi connectivity index (χ2n) is 4.50. The van der Waals surface area contributed by atoms with Crippen LogP contribution in [0.4, 0.5) is 0 Å². The number of carbonyl (C=O) groups is 2. The number of aliphatic carboxylic acids is 1. The van der Waals surface area contributed by atoms with Crippen LogP contribution in [0.15, 0.2) is 24.4 Å². The number of aromatic amines is 1. The van der Waals surface area contributed by atoms with Crippen LogP contribution in [0, 0.1) is 0 Å². The molecular weight excluding hydrogens is 260 g/mol. The summed E-state index contributed by atoms with van der Waals surface area (Å²) < 4.78 is 5.28. The van der Waals surface area contributed by atoms with Gasteiger partial charge in [0.05, 0.1) is 13.5 Å². The predicted octanol–water partition coefficient (Wildman–Crippen LogP) is 1.31. The number of aromatic nitrogens is 1. The van der Waals surface area contributed by atoms with E-state index in [0.717, 1.165) is 16.5 Å². The smallest absolute Gasteiger partial charge is 0.325 e. The number of hydrogen-bond acceptors (Lipinski definition) is 3. The lowest BCUT2D eigenvalue weighted by atomic mass is 10.1. The summed E-state index contributed by atoms with van der Waals surface area (Å²) in [6.07, 6.45) is 1.83. The van der Waals surface area contributed by atoms with Crippen LogP contribution in [0.1, 0.15) is 12.5 Å². The van der Waals surface area contributed by atoms with Crippen LogP contribution < -0.4 is 10.1 Å². The Morgan fingerprint density at radius 1 is 1.45 bits per heavy atom. The van der Waals surface area contributed by atoms with Gasteiger partial charge in [0.15, 0.2) is 0 Å². The highest BCUT2D eigenvalue weighted by atomic mass is 16.5. The van der Waals surface area contributed by atoms with Gasteiger partial charge in [0.2, 0.25) is 5.91 Å². The summed E-state index contributed by atoms with van der Waals surface area (Å²) in [5.74, 6) is -0.723. The van der Waals surface area contributed by atoms with E-state index < -0.39 is 12.0 Å². The maximum absolute atomic E-state index is 11.8. The molecule has 106 valence electrons. The quantitative estimate of drug-likeness (QED) is 0.767. The van der Waals surface area contributed by atoms with Crippen molar-refractivity contribution in [3.05, 3.63) is 30.0 Å². The maximum atomic E-state index is 11.8. The SMILES string of the molecule is COc1cccc2[nH]cc(CC(=O)N[C@H](C)C(=O)O)c12. The molecule has 0 aliphatic rings. The van der Waals surface area contributed by atoms with Crippen LogP contribution in [0.2, 0.25) is 0 Å². The second-order valence-corrected chi connectivity index (χ2v) is 4.50. The van der Waals surface area contributed by atoms with Gasteiger partial charge in [0.1, 0.15) is 11.8 Å². The van der Waals surface area contributed by atoms with E-state index >= 15 is 0 Å². The van der Waals surface area contributed by atoms with E-state index in [4.69, 9.17) is 9.84 Å². The molecule has 1 atom stereocenters. The van der Waals surface area contributed by atoms with Gasteiger partial charge >= 0.3 is 5.97 Å². The van der Waals surface area contributed by atoms with Crippen molar-refractivity contribution < 1.29 is 19.4 Å². The van der Waals surface area contributed by atoms with E-state index in [2.05, 4.69) is 10.3 Å². The number of H-pyrrole nitrogens is 1. The molecule has 0 unspecified atom stereocenters. The molecule has 3 N–H and O–H groups in total. The number of hydrogen-bond donors (Lipinski definition) is 3. The Labute approximate surface area is 115 Å². The van der Waals surface area contributed by atoms with Gasteiger partial charge in [0, 0.05) is 17.1 Å². The molecule has 0 saturated carbocycles. The Bertz CT molecular complexity index is 648. The molecule has 1 aromatic carbocycles. The lowest BCUT2D eigenvalue weighted by Gasteiger charge is -2.09. The summed E-state index contributed by atoms with van der Waals surface area (Å²) >= 11 is 0. The minimum absolute atomic E-state index is 0.0952. The third kappa shape index (κ3) is 2.74. The number of amides is 1. The van der Waals surface area contributed by atoms with Crippen molar-refractivity contribution in [1.82, 2.24) is 10.3 Å². The van der Waals surface area contributed by atoms with E-state index in [-0.39, 0.29) is 12.3 Å². The molecule has 0 bridgehead atoms. The van der Waals surface area contributed by atoms with Crippen molar-refractivity contribution in [3.63, 3.8) is 0 Å². The van der Waals surface area contributed by atoms with E-state index in [1.807, 2.05) is 18.2 Å². The number of benzene rings is 1. The lowest BCUT2D eigenvalue weighted by molar-refractivity contribution is -0.141. The second kappa shape index (κ2) is 5.64. The number of carboxylic acid groups (broad SMARTS) is 1. The summed E-state index contributed by atoms with van der Waals surface area (Å²) in [7, 11) is 1.57. The Morgan fingerprint density at radius 3 is 2.85 bits per heavy atom. The highest BCUT2D eigenvalue weighted by Crippen LogP contribution is 2.28. The van der Waals surface area contributed by atoms with Gasteiger partial charge in [-0.3, -0.25) is 9.59 Å². The van der Waals surface area contributed by atoms with Gasteiger partial charge in [0.25, 0.3) is 0 Å². The summed E-state index contributed by atoms with van der Waals surface area (Å²) in [6, 6.07) is 4.65. The first-order valence-electron chi connectivity index (χ1n) is 6.18. The van der Waals surface area contributed by atoms with Crippen LogP contribution in [0.25, 0.3) is 10.9 Å². The highest BCUT2D eigenvalue weighted by molar-refractivity contribution is 5.93. The number of carboxylic acids is 1. The minimum Gasteiger partial charge on any atom is -0.496 e. The molecule has 6 heteroatoms. The molecule has 1 aromatic heterocycles. The van der Waals surface area contributed by atoms with Gasteiger partial charge in [-0.25, -0.2) is 0 Å². The lowest BCUT2D eigenvalue weighted by Crippen LogP contribution is -2.39. The Balaban J connectivity index is 2.22. The molecule has 20 heavy (non-hydrogen) atoms. The number of nitrogens with one attached hydrogen (secondary N) is 2. The molecule has 0 saturated heterocycles. The van der Waals surface area contributed by atoms with Gasteiger partial charge in [-0.2, -0.15) is 0 Å². The third-order valence-electron chi connectivity index (χ3n) is 3.07. The Kier molecular flexibility index (Phi) is 3.93. The van der Waals surface area contributed by atoms with E-state index in [1.54, 1.807) is 13.3 Å². The van der Waals surface area contributed by atoms with E-state index in [1.165, 1.54) is 6.92 Å². The standard InChI is InChI=1S/C14H16N2O4/c1-8(14(18)19)16-12(17)6-9-7-15-10-4-3-5-11(20-2)13(9)10/h3-5,7-8,15H,6H2,1-2H3,(H,16,17)(H,18,19)/t8-/m1/s1.